The summed E-state index contributed by atoms with van der Waals surface area (Å²) in [4.78, 5) is 0. The summed E-state index contributed by atoms with van der Waals surface area (Å²) in [5.41, 5.74) is 0.792. The Kier molecular flexibility index (Phi) is 3.20. The second-order valence-corrected chi connectivity index (χ2v) is 5.05. The van der Waals surface area contributed by atoms with Gasteiger partial charge < -0.3 is 0 Å². The van der Waals surface area contributed by atoms with Crippen molar-refractivity contribution in [2.45, 2.75) is 59.8 Å². The molecule has 0 spiro atoms. The van der Waals surface area contributed by atoms with E-state index in [1.54, 1.807) is 0 Å². The van der Waals surface area contributed by atoms with Crippen molar-refractivity contribution >= 4 is 0 Å². The molecule has 0 aromatic heterocycles. The largest absolute Gasteiger partial charge is 0.0651 e. The van der Waals surface area contributed by atoms with Gasteiger partial charge in [-0.15, -0.1) is 0 Å². The standard InChI is InChI=1S/2C6H12/c1-3-6(2)4-5-6;1-3-6-4-5(6)2/h3-5H2,1-2H3;5-6H,3-4H2,1-2H3. The van der Waals surface area contributed by atoms with Crippen LogP contribution in [0.15, 0.2) is 0 Å². The Balaban J connectivity index is 0.000000120. The third-order valence-electron chi connectivity index (χ3n) is 3.76. The van der Waals surface area contributed by atoms with Crippen molar-refractivity contribution in [3.63, 3.8) is 0 Å². The van der Waals surface area contributed by atoms with Crippen LogP contribution in [-0.4, -0.2) is 0 Å². The lowest BCUT2D eigenvalue weighted by Crippen LogP contribution is -1.84. The van der Waals surface area contributed by atoms with Gasteiger partial charge in [-0.3, -0.25) is 0 Å². The molecule has 0 radical (unpaired) electrons. The monoisotopic (exact) mass is 168 g/mol. The molecule has 72 valence electrons. The zero-order valence-electron chi connectivity index (χ0n) is 9.19. The van der Waals surface area contributed by atoms with Crippen LogP contribution in [-0.2, 0) is 0 Å². The van der Waals surface area contributed by atoms with E-state index in [-0.39, 0.29) is 0 Å². The number of hydrogen-bond donors (Lipinski definition) is 0. The second kappa shape index (κ2) is 3.81. The van der Waals surface area contributed by atoms with E-state index < -0.39 is 0 Å². The Morgan fingerprint density at radius 2 is 1.75 bits per heavy atom. The van der Waals surface area contributed by atoms with Crippen molar-refractivity contribution < 1.29 is 0 Å². The second-order valence-electron chi connectivity index (χ2n) is 5.05. The third kappa shape index (κ3) is 3.16. The van der Waals surface area contributed by atoms with E-state index in [1.165, 1.54) is 32.1 Å². The first-order valence-corrected chi connectivity index (χ1v) is 5.61. The maximum Gasteiger partial charge on any atom is -0.0328 e. The minimum absolute atomic E-state index is 0.792. The highest BCUT2D eigenvalue weighted by Crippen LogP contribution is 2.47. The molecule has 2 aliphatic rings. The van der Waals surface area contributed by atoms with E-state index in [4.69, 9.17) is 0 Å². The highest BCUT2D eigenvalue weighted by Gasteiger charge is 2.34. The predicted molar refractivity (Wildman–Crippen MR) is 55.2 cm³/mol. The highest BCUT2D eigenvalue weighted by atomic mass is 14.4. The maximum absolute atomic E-state index is 2.35. The lowest BCUT2D eigenvalue weighted by atomic mass is 10.1. The maximum atomic E-state index is 2.35. The van der Waals surface area contributed by atoms with Crippen LogP contribution in [0.2, 0.25) is 0 Å². The van der Waals surface area contributed by atoms with Crippen molar-refractivity contribution in [3.8, 4) is 0 Å². The van der Waals surface area contributed by atoms with Crippen molar-refractivity contribution in [2.24, 2.45) is 17.3 Å². The molecule has 0 heterocycles. The molecule has 2 saturated carbocycles. The van der Waals surface area contributed by atoms with Crippen LogP contribution in [0.5, 0.6) is 0 Å². The van der Waals surface area contributed by atoms with Gasteiger partial charge in [0.25, 0.3) is 0 Å². The molecule has 0 N–H and O–H groups in total. The smallest absolute Gasteiger partial charge is 0.0328 e. The van der Waals surface area contributed by atoms with Gasteiger partial charge in [0.05, 0.1) is 0 Å². The summed E-state index contributed by atoms with van der Waals surface area (Å²) in [6, 6.07) is 0. The molecule has 2 atom stereocenters. The van der Waals surface area contributed by atoms with Gasteiger partial charge in [-0.25, -0.2) is 0 Å². The van der Waals surface area contributed by atoms with E-state index in [0.29, 0.717) is 0 Å². The fourth-order valence-corrected chi connectivity index (χ4v) is 1.53. The quantitative estimate of drug-likeness (QED) is 0.578. The Morgan fingerprint density at radius 3 is 1.75 bits per heavy atom. The summed E-state index contributed by atoms with van der Waals surface area (Å²) < 4.78 is 0. The van der Waals surface area contributed by atoms with E-state index in [9.17, 15) is 0 Å². The first-order chi connectivity index (χ1) is 5.61. The van der Waals surface area contributed by atoms with Crippen LogP contribution in [0.4, 0.5) is 0 Å². The summed E-state index contributed by atoms with van der Waals surface area (Å²) in [6.45, 7) is 9.22. The van der Waals surface area contributed by atoms with Crippen molar-refractivity contribution in [2.75, 3.05) is 0 Å². The van der Waals surface area contributed by atoms with E-state index in [1.807, 2.05) is 0 Å². The predicted octanol–water partition coefficient (Wildman–Crippen LogP) is 4.25. The Labute approximate surface area is 77.7 Å². The molecule has 0 nitrogen and oxygen atoms in total. The molecule has 0 amide bonds. The van der Waals surface area contributed by atoms with Crippen molar-refractivity contribution in [3.05, 3.63) is 0 Å². The van der Waals surface area contributed by atoms with Crippen LogP contribution in [0.25, 0.3) is 0 Å². The van der Waals surface area contributed by atoms with E-state index >= 15 is 0 Å². The van der Waals surface area contributed by atoms with E-state index in [2.05, 4.69) is 27.7 Å². The molecular weight excluding hydrogens is 144 g/mol. The Bertz CT molecular complexity index is 131. The SMILES string of the molecule is CCC1(C)CC1.CCC1CC1C. The summed E-state index contributed by atoms with van der Waals surface area (Å²) >= 11 is 0. The van der Waals surface area contributed by atoms with E-state index in [0.717, 1.165) is 17.3 Å². The first kappa shape index (κ1) is 10.1. The minimum Gasteiger partial charge on any atom is -0.0651 e. The van der Waals surface area contributed by atoms with Gasteiger partial charge in [0.15, 0.2) is 0 Å². The van der Waals surface area contributed by atoms with Gasteiger partial charge in [-0.1, -0.05) is 40.5 Å². The lowest BCUT2D eigenvalue weighted by Gasteiger charge is -1.96. The molecule has 0 aromatic rings. The van der Waals surface area contributed by atoms with Gasteiger partial charge in [0, 0.05) is 0 Å². The molecule has 2 unspecified atom stereocenters. The average molecular weight is 168 g/mol. The molecule has 0 heteroatoms. The number of hydrogen-bond acceptors (Lipinski definition) is 0. The summed E-state index contributed by atoms with van der Waals surface area (Å²) in [5, 5.41) is 0. The van der Waals surface area contributed by atoms with Crippen LogP contribution in [0.1, 0.15) is 59.8 Å². The zero-order valence-corrected chi connectivity index (χ0v) is 9.19. The molecule has 2 rings (SSSR count). The highest BCUT2D eigenvalue weighted by molar-refractivity contribution is 4.86. The van der Waals surface area contributed by atoms with Crippen LogP contribution in [0.3, 0.4) is 0 Å². The van der Waals surface area contributed by atoms with Gasteiger partial charge in [-0.2, -0.15) is 0 Å². The van der Waals surface area contributed by atoms with Gasteiger partial charge in [0.2, 0.25) is 0 Å². The molecule has 2 aliphatic carbocycles. The fourth-order valence-electron chi connectivity index (χ4n) is 1.53. The molecule has 0 saturated heterocycles. The molecule has 12 heavy (non-hydrogen) atoms. The van der Waals surface area contributed by atoms with Crippen LogP contribution >= 0.6 is 0 Å². The lowest BCUT2D eigenvalue weighted by molar-refractivity contribution is 0.551. The van der Waals surface area contributed by atoms with Gasteiger partial charge in [0.1, 0.15) is 0 Å². The normalized spacial score (nSPS) is 35.0. The van der Waals surface area contributed by atoms with Crippen LogP contribution in [0, 0.1) is 17.3 Å². The molecule has 0 aliphatic heterocycles. The minimum atomic E-state index is 0.792. The van der Waals surface area contributed by atoms with Gasteiger partial charge >= 0.3 is 0 Å². The Hall–Kier alpha value is 0. The summed E-state index contributed by atoms with van der Waals surface area (Å²) in [5.74, 6) is 2.17. The number of rotatable bonds is 2. The molecule has 2 fully saturated rings. The molecule has 0 aromatic carbocycles. The van der Waals surface area contributed by atoms with Crippen molar-refractivity contribution in [1.29, 1.82) is 0 Å². The van der Waals surface area contributed by atoms with Crippen LogP contribution < -0.4 is 0 Å². The van der Waals surface area contributed by atoms with Crippen molar-refractivity contribution in [1.82, 2.24) is 0 Å². The molecule has 0 bridgehead atoms. The molecular formula is C12H24. The Morgan fingerprint density at radius 1 is 1.25 bits per heavy atom. The summed E-state index contributed by atoms with van der Waals surface area (Å²) in [7, 11) is 0. The average Bonchev–Trinajstić information content (AvgIpc) is 2.94. The summed E-state index contributed by atoms with van der Waals surface area (Å²) in [6.07, 6.45) is 7.23. The third-order valence-corrected chi connectivity index (χ3v) is 3.76. The van der Waals surface area contributed by atoms with Gasteiger partial charge in [-0.05, 0) is 36.5 Å². The first-order valence-electron chi connectivity index (χ1n) is 5.61. The topological polar surface area (TPSA) is 0 Å². The fraction of sp³-hybridized carbons (Fsp3) is 1.00. The zero-order chi connectivity index (χ0) is 9.19.